The highest BCUT2D eigenvalue weighted by Crippen LogP contribution is 2.26. The molecule has 0 aliphatic carbocycles. The fraction of sp³-hybridized carbons (Fsp3) is 0.0667. The fourth-order valence-corrected chi connectivity index (χ4v) is 2.37. The van der Waals surface area contributed by atoms with E-state index in [4.69, 9.17) is 16.3 Å². The Labute approximate surface area is 154 Å². The first-order valence-corrected chi connectivity index (χ1v) is 7.84. The predicted octanol–water partition coefficient (Wildman–Crippen LogP) is 3.51. The molecule has 0 aliphatic heterocycles. The number of non-ortho nitro benzene ring substituents is 1. The van der Waals surface area contributed by atoms with Gasteiger partial charge in [0.15, 0.2) is 6.61 Å². The third kappa shape index (κ3) is 4.91. The van der Waals surface area contributed by atoms with Crippen LogP contribution in [0.25, 0.3) is 0 Å². The van der Waals surface area contributed by atoms with E-state index in [1.807, 2.05) is 0 Å². The van der Waals surface area contributed by atoms with Gasteiger partial charge in [-0.25, -0.2) is 4.79 Å². The summed E-state index contributed by atoms with van der Waals surface area (Å²) < 4.78 is 5.37. The van der Waals surface area contributed by atoms with Crippen LogP contribution in [0.15, 0.2) is 40.9 Å². The van der Waals surface area contributed by atoms with Crippen LogP contribution in [0.2, 0.25) is 5.02 Å². The average Bonchev–Trinajstić information content (AvgIpc) is 2.56. The molecule has 0 bridgehead atoms. The molecule has 0 aliphatic rings. The smallest absolute Gasteiger partial charge is 0.342 e. The number of phenols is 1. The van der Waals surface area contributed by atoms with E-state index < -0.39 is 23.4 Å². The Bertz CT molecular complexity index is 858. The highest BCUT2D eigenvalue weighted by molar-refractivity contribution is 9.10. The molecule has 0 atom stereocenters. The summed E-state index contributed by atoms with van der Waals surface area (Å²) in [6, 6.07) is 7.71. The van der Waals surface area contributed by atoms with E-state index in [1.165, 1.54) is 30.3 Å². The zero-order chi connectivity index (χ0) is 18.6. The van der Waals surface area contributed by atoms with Crippen LogP contribution >= 0.6 is 27.5 Å². The van der Waals surface area contributed by atoms with Crippen LogP contribution in [0.1, 0.15) is 10.4 Å². The van der Waals surface area contributed by atoms with Gasteiger partial charge in [-0.15, -0.1) is 0 Å². The highest BCUT2D eigenvalue weighted by atomic mass is 79.9. The van der Waals surface area contributed by atoms with Crippen molar-refractivity contribution in [2.75, 3.05) is 11.9 Å². The standard InChI is InChI=1S/C15H10BrClN2O6/c16-8-1-4-13(20)10(5-8)15(22)25-7-14(21)18-12-3-2-9(19(23)24)6-11(12)17/h1-6,20H,7H2,(H,18,21). The minimum atomic E-state index is -0.885. The summed E-state index contributed by atoms with van der Waals surface area (Å²) in [6.07, 6.45) is 0. The Hall–Kier alpha value is -2.65. The Morgan fingerprint density at radius 2 is 2.00 bits per heavy atom. The molecule has 0 spiro atoms. The third-order valence-corrected chi connectivity index (χ3v) is 3.76. The van der Waals surface area contributed by atoms with E-state index in [0.717, 1.165) is 6.07 Å². The Balaban J connectivity index is 1.98. The van der Waals surface area contributed by atoms with Gasteiger partial charge in [0, 0.05) is 16.6 Å². The van der Waals surface area contributed by atoms with Crippen molar-refractivity contribution < 1.29 is 24.4 Å². The summed E-state index contributed by atoms with van der Waals surface area (Å²) in [5.74, 6) is -1.87. The molecular formula is C15H10BrClN2O6. The van der Waals surface area contributed by atoms with Gasteiger partial charge in [-0.2, -0.15) is 0 Å². The largest absolute Gasteiger partial charge is 0.507 e. The number of esters is 1. The van der Waals surface area contributed by atoms with E-state index in [9.17, 15) is 24.8 Å². The average molecular weight is 430 g/mol. The number of carbonyl (C=O) groups excluding carboxylic acids is 2. The lowest BCUT2D eigenvalue weighted by molar-refractivity contribution is -0.384. The number of hydrogen-bond acceptors (Lipinski definition) is 6. The number of benzene rings is 2. The highest BCUT2D eigenvalue weighted by Gasteiger charge is 2.16. The van der Waals surface area contributed by atoms with Crippen LogP contribution in [0.3, 0.4) is 0 Å². The predicted molar refractivity (Wildman–Crippen MR) is 92.8 cm³/mol. The molecule has 0 unspecified atom stereocenters. The van der Waals surface area contributed by atoms with E-state index in [0.29, 0.717) is 4.47 Å². The Morgan fingerprint density at radius 3 is 2.64 bits per heavy atom. The summed E-state index contributed by atoms with van der Waals surface area (Å²) in [4.78, 5) is 33.7. The number of hydrogen-bond donors (Lipinski definition) is 2. The second kappa shape index (κ2) is 7.95. The number of nitrogens with zero attached hydrogens (tertiary/aromatic N) is 1. The van der Waals surface area contributed by atoms with Gasteiger partial charge < -0.3 is 15.2 Å². The van der Waals surface area contributed by atoms with Crippen molar-refractivity contribution in [1.29, 1.82) is 0 Å². The van der Waals surface area contributed by atoms with E-state index >= 15 is 0 Å². The zero-order valence-corrected chi connectivity index (χ0v) is 14.7. The molecule has 0 saturated carbocycles. The van der Waals surface area contributed by atoms with E-state index in [-0.39, 0.29) is 27.7 Å². The van der Waals surface area contributed by atoms with Gasteiger partial charge in [-0.3, -0.25) is 14.9 Å². The molecule has 0 fully saturated rings. The quantitative estimate of drug-likeness (QED) is 0.426. The number of phenolic OH excluding ortho intramolecular Hbond substituents is 1. The molecule has 8 nitrogen and oxygen atoms in total. The molecule has 10 heteroatoms. The maximum absolute atomic E-state index is 11.9. The Morgan fingerprint density at radius 1 is 1.28 bits per heavy atom. The lowest BCUT2D eigenvalue weighted by Crippen LogP contribution is -2.21. The summed E-state index contributed by atoms with van der Waals surface area (Å²) in [6.45, 7) is -0.627. The van der Waals surface area contributed by atoms with Crippen molar-refractivity contribution in [3.63, 3.8) is 0 Å². The summed E-state index contributed by atoms with van der Waals surface area (Å²) in [7, 11) is 0. The fourth-order valence-electron chi connectivity index (χ4n) is 1.79. The molecule has 130 valence electrons. The molecule has 0 saturated heterocycles. The topological polar surface area (TPSA) is 119 Å². The van der Waals surface area contributed by atoms with Crippen LogP contribution in [-0.4, -0.2) is 28.5 Å². The molecule has 1 amide bonds. The van der Waals surface area contributed by atoms with Crippen molar-refractivity contribution in [3.05, 3.63) is 61.6 Å². The van der Waals surface area contributed by atoms with Crippen LogP contribution in [0.5, 0.6) is 5.75 Å². The SMILES string of the molecule is O=C(COC(=O)c1cc(Br)ccc1O)Nc1ccc([N+](=O)[O-])cc1Cl. The van der Waals surface area contributed by atoms with Gasteiger partial charge in [0.2, 0.25) is 0 Å². The summed E-state index contributed by atoms with van der Waals surface area (Å²) in [5, 5.41) is 22.6. The number of rotatable bonds is 5. The van der Waals surface area contributed by atoms with Gasteiger partial charge in [0.05, 0.1) is 15.6 Å². The van der Waals surface area contributed by atoms with E-state index in [2.05, 4.69) is 21.2 Å². The number of carbonyl (C=O) groups is 2. The third-order valence-electron chi connectivity index (χ3n) is 2.95. The van der Waals surface area contributed by atoms with Crippen LogP contribution in [-0.2, 0) is 9.53 Å². The molecule has 2 rings (SSSR count). The first-order chi connectivity index (χ1) is 11.8. The van der Waals surface area contributed by atoms with Gasteiger partial charge >= 0.3 is 5.97 Å². The van der Waals surface area contributed by atoms with E-state index in [1.54, 1.807) is 0 Å². The van der Waals surface area contributed by atoms with Crippen molar-refractivity contribution in [1.82, 2.24) is 0 Å². The molecular weight excluding hydrogens is 420 g/mol. The van der Waals surface area contributed by atoms with Crippen LogP contribution < -0.4 is 5.32 Å². The molecule has 25 heavy (non-hydrogen) atoms. The Kier molecular flexibility index (Phi) is 5.94. The van der Waals surface area contributed by atoms with Crippen molar-refractivity contribution in [2.24, 2.45) is 0 Å². The number of ether oxygens (including phenoxy) is 1. The van der Waals surface area contributed by atoms with Crippen molar-refractivity contribution in [2.45, 2.75) is 0 Å². The van der Waals surface area contributed by atoms with Gasteiger partial charge in [-0.1, -0.05) is 27.5 Å². The van der Waals surface area contributed by atoms with Crippen molar-refractivity contribution in [3.8, 4) is 5.75 Å². The number of aromatic hydroxyl groups is 1. The second-order valence-electron chi connectivity index (χ2n) is 4.71. The molecule has 2 aromatic carbocycles. The van der Waals surface area contributed by atoms with Gasteiger partial charge in [0.1, 0.15) is 11.3 Å². The number of nitrogens with one attached hydrogen (secondary N) is 1. The maximum atomic E-state index is 11.9. The first-order valence-electron chi connectivity index (χ1n) is 6.67. The molecule has 0 heterocycles. The van der Waals surface area contributed by atoms with Gasteiger partial charge in [0.25, 0.3) is 11.6 Å². The first kappa shape index (κ1) is 18.7. The monoisotopic (exact) mass is 428 g/mol. The molecule has 2 N–H and O–H groups in total. The lowest BCUT2D eigenvalue weighted by Gasteiger charge is -2.09. The number of nitro benzene ring substituents is 1. The van der Waals surface area contributed by atoms with Crippen LogP contribution in [0.4, 0.5) is 11.4 Å². The number of amides is 1. The number of halogens is 2. The van der Waals surface area contributed by atoms with Crippen LogP contribution in [0, 0.1) is 10.1 Å². The second-order valence-corrected chi connectivity index (χ2v) is 6.03. The lowest BCUT2D eigenvalue weighted by atomic mass is 10.2. The number of nitro groups is 1. The zero-order valence-electron chi connectivity index (χ0n) is 12.4. The molecule has 0 radical (unpaired) electrons. The van der Waals surface area contributed by atoms with Crippen molar-refractivity contribution >= 4 is 50.8 Å². The molecule has 0 aromatic heterocycles. The maximum Gasteiger partial charge on any atom is 0.342 e. The molecule has 2 aromatic rings. The van der Waals surface area contributed by atoms with Gasteiger partial charge in [-0.05, 0) is 24.3 Å². The number of anilines is 1. The summed E-state index contributed by atoms with van der Waals surface area (Å²) in [5.41, 5.74) is -0.186. The minimum Gasteiger partial charge on any atom is -0.507 e. The normalized spacial score (nSPS) is 10.2. The minimum absolute atomic E-state index is 0.0292. The summed E-state index contributed by atoms with van der Waals surface area (Å²) >= 11 is 9.00.